The Morgan fingerprint density at radius 2 is 1.43 bits per heavy atom. The van der Waals surface area contributed by atoms with Crippen LogP contribution in [0.3, 0.4) is 0 Å². The van der Waals surface area contributed by atoms with Crippen molar-refractivity contribution in [2.45, 2.75) is 6.92 Å². The van der Waals surface area contributed by atoms with Gasteiger partial charge in [0.25, 0.3) is 5.91 Å². The molecule has 0 heterocycles. The van der Waals surface area contributed by atoms with Gasteiger partial charge in [0.05, 0.1) is 18.4 Å². The Hall–Kier alpha value is -4.71. The van der Waals surface area contributed by atoms with E-state index in [0.29, 0.717) is 5.69 Å². The van der Waals surface area contributed by atoms with E-state index < -0.39 is 11.9 Å². The third-order valence-corrected chi connectivity index (χ3v) is 5.53. The minimum Gasteiger partial charge on any atom is -0.465 e. The van der Waals surface area contributed by atoms with Crippen LogP contribution in [0.1, 0.15) is 33.2 Å². The van der Waals surface area contributed by atoms with Gasteiger partial charge in [-0.1, -0.05) is 54.6 Å². The lowest BCUT2D eigenvalue weighted by Gasteiger charge is -2.12. The van der Waals surface area contributed by atoms with Crippen LogP contribution in [-0.4, -0.2) is 24.9 Å². The van der Waals surface area contributed by atoms with Crippen molar-refractivity contribution < 1.29 is 19.1 Å². The van der Waals surface area contributed by atoms with Gasteiger partial charge in [-0.25, -0.2) is 4.79 Å². The Bertz CT molecular complexity index is 1440. The molecule has 0 fully saturated rings. The minimum atomic E-state index is -0.620. The Balaban J connectivity index is 1.58. The van der Waals surface area contributed by atoms with E-state index >= 15 is 0 Å². The molecule has 0 aliphatic rings. The summed E-state index contributed by atoms with van der Waals surface area (Å²) in [5, 5.41) is 7.70. The summed E-state index contributed by atoms with van der Waals surface area (Å²) in [6.07, 6.45) is 1.46. The molecule has 0 aliphatic heterocycles. The van der Waals surface area contributed by atoms with Crippen LogP contribution in [0.4, 0.5) is 11.4 Å². The maximum Gasteiger partial charge on any atom is 0.339 e. The highest BCUT2D eigenvalue weighted by Gasteiger charge is 2.17. The first kappa shape index (κ1) is 23.4. The first-order chi connectivity index (χ1) is 16.9. The molecule has 4 aromatic rings. The summed E-state index contributed by atoms with van der Waals surface area (Å²) in [5.41, 5.74) is 2.91. The predicted octanol–water partition coefficient (Wildman–Crippen LogP) is 5.92. The number of carbonyl (C=O) groups is 3. The third-order valence-electron chi connectivity index (χ3n) is 5.53. The SMILES string of the molecule is COC(=O)c1ccc(C(=O)Nc2ccccc2)cc1NC(=O)C=C(C)c1ccc2ccccc2c1. The molecular formula is C29H24N2O4. The summed E-state index contributed by atoms with van der Waals surface area (Å²) in [6, 6.07) is 27.4. The maximum atomic E-state index is 12.9. The zero-order chi connectivity index (χ0) is 24.8. The number of methoxy groups -OCH3 is 1. The number of anilines is 2. The summed E-state index contributed by atoms with van der Waals surface area (Å²) in [4.78, 5) is 37.8. The lowest BCUT2D eigenvalue weighted by molar-refractivity contribution is -0.111. The van der Waals surface area contributed by atoms with Gasteiger partial charge in [-0.15, -0.1) is 0 Å². The van der Waals surface area contributed by atoms with Gasteiger partial charge in [0.1, 0.15) is 0 Å². The maximum absolute atomic E-state index is 12.9. The molecule has 35 heavy (non-hydrogen) atoms. The fraction of sp³-hybridized carbons (Fsp3) is 0.0690. The van der Waals surface area contributed by atoms with Gasteiger partial charge in [-0.05, 0) is 65.2 Å². The number of allylic oxidation sites excluding steroid dienone is 1. The molecule has 0 aliphatic carbocycles. The van der Waals surface area contributed by atoms with Crippen LogP contribution in [0.25, 0.3) is 16.3 Å². The molecule has 6 nitrogen and oxygen atoms in total. The van der Waals surface area contributed by atoms with E-state index in [4.69, 9.17) is 4.74 Å². The van der Waals surface area contributed by atoms with E-state index in [1.54, 1.807) is 12.1 Å². The highest BCUT2D eigenvalue weighted by Crippen LogP contribution is 2.23. The molecule has 0 saturated heterocycles. The Labute approximate surface area is 203 Å². The van der Waals surface area contributed by atoms with Crippen molar-refractivity contribution in [1.29, 1.82) is 0 Å². The average molecular weight is 465 g/mol. The smallest absolute Gasteiger partial charge is 0.339 e. The van der Waals surface area contributed by atoms with E-state index in [0.717, 1.165) is 21.9 Å². The molecule has 0 saturated carbocycles. The molecule has 0 atom stereocenters. The molecule has 0 spiro atoms. The molecule has 2 N–H and O–H groups in total. The lowest BCUT2D eigenvalue weighted by atomic mass is 10.0. The molecule has 0 radical (unpaired) electrons. The topological polar surface area (TPSA) is 84.5 Å². The second-order valence-corrected chi connectivity index (χ2v) is 7.95. The number of ether oxygens (including phenoxy) is 1. The summed E-state index contributed by atoms with van der Waals surface area (Å²) < 4.78 is 4.84. The molecule has 4 aromatic carbocycles. The summed E-state index contributed by atoms with van der Waals surface area (Å²) in [7, 11) is 1.26. The first-order valence-electron chi connectivity index (χ1n) is 11.0. The number of fused-ring (bicyclic) bond motifs is 1. The van der Waals surface area contributed by atoms with Crippen LogP contribution in [0.5, 0.6) is 0 Å². The first-order valence-corrected chi connectivity index (χ1v) is 11.0. The minimum absolute atomic E-state index is 0.147. The Morgan fingerprint density at radius 1 is 0.743 bits per heavy atom. The lowest BCUT2D eigenvalue weighted by Crippen LogP contribution is -2.16. The Kier molecular flexibility index (Phi) is 7.02. The molecule has 0 bridgehead atoms. The van der Waals surface area contributed by atoms with Crippen LogP contribution in [0, 0.1) is 0 Å². The molecule has 0 unspecified atom stereocenters. The quantitative estimate of drug-likeness (QED) is 0.274. The molecule has 174 valence electrons. The fourth-order valence-electron chi connectivity index (χ4n) is 3.69. The highest BCUT2D eigenvalue weighted by molar-refractivity contribution is 6.10. The van der Waals surface area contributed by atoms with Crippen molar-refractivity contribution in [2.75, 3.05) is 17.7 Å². The van der Waals surface area contributed by atoms with Crippen molar-refractivity contribution >= 4 is 45.5 Å². The number of amides is 2. The van der Waals surface area contributed by atoms with Gasteiger partial charge in [0.2, 0.25) is 5.91 Å². The van der Waals surface area contributed by atoms with Gasteiger partial charge in [-0.3, -0.25) is 9.59 Å². The summed E-state index contributed by atoms with van der Waals surface area (Å²) in [5.74, 6) is -1.42. The zero-order valence-corrected chi connectivity index (χ0v) is 19.4. The van der Waals surface area contributed by atoms with E-state index in [-0.39, 0.29) is 22.7 Å². The van der Waals surface area contributed by atoms with Crippen molar-refractivity contribution in [3.63, 3.8) is 0 Å². The Morgan fingerprint density at radius 3 is 2.17 bits per heavy atom. The number of esters is 1. The number of carbonyl (C=O) groups excluding carboxylic acids is 3. The molecule has 2 amide bonds. The van der Waals surface area contributed by atoms with Gasteiger partial charge < -0.3 is 15.4 Å². The predicted molar refractivity (Wildman–Crippen MR) is 138 cm³/mol. The second kappa shape index (κ2) is 10.5. The van der Waals surface area contributed by atoms with Gasteiger partial charge >= 0.3 is 5.97 Å². The van der Waals surface area contributed by atoms with Crippen molar-refractivity contribution in [3.05, 3.63) is 114 Å². The molecular weight excluding hydrogens is 440 g/mol. The monoisotopic (exact) mass is 464 g/mol. The normalized spacial score (nSPS) is 11.1. The number of hydrogen-bond donors (Lipinski definition) is 2. The molecule has 4 rings (SSSR count). The van der Waals surface area contributed by atoms with Crippen LogP contribution in [-0.2, 0) is 9.53 Å². The number of para-hydroxylation sites is 1. The van der Waals surface area contributed by atoms with Gasteiger partial charge in [-0.2, -0.15) is 0 Å². The molecule has 6 heteroatoms. The summed E-state index contributed by atoms with van der Waals surface area (Å²) >= 11 is 0. The van der Waals surface area contributed by atoms with Crippen molar-refractivity contribution in [1.82, 2.24) is 0 Å². The van der Waals surface area contributed by atoms with Gasteiger partial charge in [0.15, 0.2) is 0 Å². The number of hydrogen-bond acceptors (Lipinski definition) is 4. The third kappa shape index (κ3) is 5.62. The van der Waals surface area contributed by atoms with Crippen LogP contribution >= 0.6 is 0 Å². The average Bonchev–Trinajstić information content (AvgIpc) is 2.88. The van der Waals surface area contributed by atoms with E-state index in [1.807, 2.05) is 67.6 Å². The number of benzene rings is 4. The van der Waals surface area contributed by atoms with Crippen LogP contribution in [0.15, 0.2) is 97.1 Å². The van der Waals surface area contributed by atoms with E-state index in [2.05, 4.69) is 10.6 Å². The number of rotatable bonds is 6. The van der Waals surface area contributed by atoms with E-state index in [1.165, 1.54) is 31.4 Å². The van der Waals surface area contributed by atoms with Gasteiger partial charge in [0, 0.05) is 17.3 Å². The van der Waals surface area contributed by atoms with Crippen molar-refractivity contribution in [3.8, 4) is 0 Å². The largest absolute Gasteiger partial charge is 0.465 e. The summed E-state index contributed by atoms with van der Waals surface area (Å²) in [6.45, 7) is 1.84. The van der Waals surface area contributed by atoms with E-state index in [9.17, 15) is 14.4 Å². The standard InChI is InChI=1S/C29H24N2O4/c1-19(21-13-12-20-8-6-7-9-22(20)17-21)16-27(32)31-26-18-23(14-15-25(26)29(34)35-2)28(33)30-24-10-4-3-5-11-24/h3-18H,1-2H3,(H,30,33)(H,31,32). The fourth-order valence-corrected chi connectivity index (χ4v) is 3.69. The number of nitrogens with one attached hydrogen (secondary N) is 2. The second-order valence-electron chi connectivity index (χ2n) is 7.95. The van der Waals surface area contributed by atoms with Crippen molar-refractivity contribution in [2.24, 2.45) is 0 Å². The van der Waals surface area contributed by atoms with Crippen LogP contribution < -0.4 is 10.6 Å². The zero-order valence-electron chi connectivity index (χ0n) is 19.4. The van der Waals surface area contributed by atoms with Crippen LogP contribution in [0.2, 0.25) is 0 Å². The molecule has 0 aromatic heterocycles. The highest BCUT2D eigenvalue weighted by atomic mass is 16.5.